The minimum atomic E-state index is 0.640. The molecule has 0 spiro atoms. The molecule has 0 aliphatic carbocycles. The highest BCUT2D eigenvalue weighted by Crippen LogP contribution is 2.41. The molecule has 3 aromatic heterocycles. The van der Waals surface area contributed by atoms with Crippen LogP contribution in [-0.4, -0.2) is 23.9 Å². The summed E-state index contributed by atoms with van der Waals surface area (Å²) < 4.78 is 4.82. The van der Waals surface area contributed by atoms with Crippen LogP contribution in [0.1, 0.15) is 0 Å². The minimum Gasteiger partial charge on any atom is -0.293 e. The van der Waals surface area contributed by atoms with Crippen molar-refractivity contribution in [2.75, 3.05) is 0 Å². The molecule has 0 atom stereocenters. The number of hydrogen-bond donors (Lipinski definition) is 0. The molecule has 0 saturated heterocycles. The van der Waals surface area contributed by atoms with Gasteiger partial charge in [-0.15, -0.1) is 0 Å². The maximum atomic E-state index is 4.97. The quantitative estimate of drug-likeness (QED) is 0.188. The summed E-state index contributed by atoms with van der Waals surface area (Å²) in [6.45, 7) is 0. The van der Waals surface area contributed by atoms with Gasteiger partial charge in [0, 0.05) is 33.3 Å². The van der Waals surface area contributed by atoms with E-state index in [1.165, 1.54) is 32.8 Å². The Balaban J connectivity index is 1.19. The van der Waals surface area contributed by atoms with Crippen LogP contribution in [0, 0.1) is 0 Å². The Kier molecular flexibility index (Phi) is 6.42. The van der Waals surface area contributed by atoms with E-state index in [0.29, 0.717) is 17.5 Å². The van der Waals surface area contributed by atoms with Gasteiger partial charge in [-0.2, -0.15) is 0 Å². The molecule has 0 saturated carbocycles. The summed E-state index contributed by atoms with van der Waals surface area (Å²) in [5, 5.41) is 3.64. The topological polar surface area (TPSA) is 48.0 Å². The van der Waals surface area contributed by atoms with Crippen molar-refractivity contribution in [1.82, 2.24) is 23.9 Å². The van der Waals surface area contributed by atoms with Crippen molar-refractivity contribution in [1.29, 1.82) is 0 Å². The van der Waals surface area contributed by atoms with Crippen molar-refractivity contribution in [2.24, 2.45) is 0 Å². The maximum Gasteiger partial charge on any atom is 0.164 e. The molecule has 50 heavy (non-hydrogen) atoms. The van der Waals surface area contributed by atoms with Crippen molar-refractivity contribution in [3.8, 4) is 51.0 Å². The van der Waals surface area contributed by atoms with Crippen molar-refractivity contribution in [3.05, 3.63) is 176 Å². The second kappa shape index (κ2) is 11.4. The SMILES string of the molecule is c1ccc(-c2nc(-c3ccccc3)nc(-c3ccc(-c4c5ccccc5n5c6ccccc6n(-c6ccc7ccccc7c6)c45)cc3)n2)cc1. The molecule has 5 nitrogen and oxygen atoms in total. The third-order valence-corrected chi connectivity index (χ3v) is 9.55. The van der Waals surface area contributed by atoms with Crippen LogP contribution in [0.25, 0.3) is 89.3 Å². The Morgan fingerprint density at radius 3 is 1.52 bits per heavy atom. The van der Waals surface area contributed by atoms with E-state index in [-0.39, 0.29) is 0 Å². The van der Waals surface area contributed by atoms with Gasteiger partial charge in [-0.1, -0.05) is 146 Å². The maximum absolute atomic E-state index is 4.97. The first kappa shape index (κ1) is 28.2. The molecular formula is C45H29N5. The molecule has 0 N–H and O–H groups in total. The van der Waals surface area contributed by atoms with E-state index in [0.717, 1.165) is 39.1 Å². The van der Waals surface area contributed by atoms with Crippen LogP contribution < -0.4 is 0 Å². The first-order valence-corrected chi connectivity index (χ1v) is 16.8. The van der Waals surface area contributed by atoms with Crippen LogP contribution in [0.3, 0.4) is 0 Å². The molecule has 7 aromatic carbocycles. The summed E-state index contributed by atoms with van der Waals surface area (Å²) in [7, 11) is 0. The molecule has 0 radical (unpaired) electrons. The molecule has 0 bridgehead atoms. The third kappa shape index (κ3) is 4.52. The van der Waals surface area contributed by atoms with Crippen LogP contribution >= 0.6 is 0 Å². The van der Waals surface area contributed by atoms with Crippen LogP contribution in [0.2, 0.25) is 0 Å². The predicted octanol–water partition coefficient (Wildman–Crippen LogP) is 11.0. The molecule has 5 heteroatoms. The van der Waals surface area contributed by atoms with Gasteiger partial charge in [-0.05, 0) is 46.7 Å². The molecule has 234 valence electrons. The highest BCUT2D eigenvalue weighted by molar-refractivity contribution is 6.09. The average Bonchev–Trinajstić information content (AvgIpc) is 3.71. The lowest BCUT2D eigenvalue weighted by atomic mass is 10.0. The summed E-state index contributed by atoms with van der Waals surface area (Å²) in [4.78, 5) is 14.8. The molecule has 3 heterocycles. The van der Waals surface area contributed by atoms with E-state index in [1.54, 1.807) is 0 Å². The fourth-order valence-electron chi connectivity index (χ4n) is 7.22. The van der Waals surface area contributed by atoms with Crippen molar-refractivity contribution in [3.63, 3.8) is 0 Å². The summed E-state index contributed by atoms with van der Waals surface area (Å²) in [6.07, 6.45) is 0. The zero-order valence-electron chi connectivity index (χ0n) is 27.0. The number of imidazole rings is 1. The molecule has 0 unspecified atom stereocenters. The fraction of sp³-hybridized carbons (Fsp3) is 0. The number of benzene rings is 7. The Morgan fingerprint density at radius 1 is 0.360 bits per heavy atom. The molecule has 0 amide bonds. The van der Waals surface area contributed by atoms with Gasteiger partial charge in [0.2, 0.25) is 0 Å². The van der Waals surface area contributed by atoms with Crippen LogP contribution in [0.5, 0.6) is 0 Å². The fourth-order valence-corrected chi connectivity index (χ4v) is 7.22. The van der Waals surface area contributed by atoms with Gasteiger partial charge < -0.3 is 0 Å². The number of nitrogens with zero attached hydrogens (tertiary/aromatic N) is 5. The Bertz CT molecular complexity index is 2790. The molecule has 0 aliphatic rings. The Morgan fingerprint density at radius 2 is 0.860 bits per heavy atom. The van der Waals surface area contributed by atoms with Crippen LogP contribution in [-0.2, 0) is 0 Å². The van der Waals surface area contributed by atoms with E-state index in [4.69, 9.17) is 15.0 Å². The number of aromatic nitrogens is 5. The van der Waals surface area contributed by atoms with Gasteiger partial charge in [-0.3, -0.25) is 8.97 Å². The number of fused-ring (bicyclic) bond motifs is 6. The van der Waals surface area contributed by atoms with Crippen molar-refractivity contribution < 1.29 is 0 Å². The van der Waals surface area contributed by atoms with Crippen molar-refractivity contribution >= 4 is 38.4 Å². The zero-order chi connectivity index (χ0) is 33.0. The smallest absolute Gasteiger partial charge is 0.164 e. The van der Waals surface area contributed by atoms with E-state index in [9.17, 15) is 0 Å². The third-order valence-electron chi connectivity index (χ3n) is 9.55. The number of hydrogen-bond acceptors (Lipinski definition) is 3. The lowest BCUT2D eigenvalue weighted by molar-refractivity contribution is 1.07. The van der Waals surface area contributed by atoms with Gasteiger partial charge in [0.15, 0.2) is 17.5 Å². The standard InChI is InChI=1S/C45H29N5/c1-3-14-32(15-4-1)42-46-43(33-16-5-2-6-17-33)48-44(47-42)34-25-23-31(24-26-34)41-37-19-9-10-20-38(37)50-40-22-12-11-21-39(40)49(45(41)50)36-28-27-30-13-7-8-18-35(30)29-36/h1-29H. The summed E-state index contributed by atoms with van der Waals surface area (Å²) in [5.74, 6) is 1.94. The van der Waals surface area contributed by atoms with E-state index in [1.807, 2.05) is 60.7 Å². The Labute approximate surface area is 288 Å². The summed E-state index contributed by atoms with van der Waals surface area (Å²) >= 11 is 0. The molecule has 10 rings (SSSR count). The van der Waals surface area contributed by atoms with E-state index in [2.05, 4.69) is 124 Å². The van der Waals surface area contributed by atoms with Crippen molar-refractivity contribution in [2.45, 2.75) is 0 Å². The lowest BCUT2D eigenvalue weighted by Crippen LogP contribution is -2.00. The highest BCUT2D eigenvalue weighted by Gasteiger charge is 2.22. The van der Waals surface area contributed by atoms with Gasteiger partial charge in [0.25, 0.3) is 0 Å². The first-order valence-electron chi connectivity index (χ1n) is 16.8. The predicted molar refractivity (Wildman–Crippen MR) is 204 cm³/mol. The summed E-state index contributed by atoms with van der Waals surface area (Å²) in [5.41, 5.74) is 10.9. The number of rotatable bonds is 5. The lowest BCUT2D eigenvalue weighted by Gasteiger charge is -2.11. The minimum absolute atomic E-state index is 0.640. The zero-order valence-corrected chi connectivity index (χ0v) is 27.0. The summed E-state index contributed by atoms with van der Waals surface area (Å²) in [6, 6.07) is 61.5. The van der Waals surface area contributed by atoms with Gasteiger partial charge in [0.1, 0.15) is 5.65 Å². The second-order valence-electron chi connectivity index (χ2n) is 12.5. The van der Waals surface area contributed by atoms with Gasteiger partial charge >= 0.3 is 0 Å². The molecule has 0 fully saturated rings. The van der Waals surface area contributed by atoms with E-state index < -0.39 is 0 Å². The van der Waals surface area contributed by atoms with Gasteiger partial charge in [0.05, 0.1) is 16.6 Å². The largest absolute Gasteiger partial charge is 0.293 e. The monoisotopic (exact) mass is 639 g/mol. The molecule has 10 aromatic rings. The average molecular weight is 640 g/mol. The van der Waals surface area contributed by atoms with Gasteiger partial charge in [-0.25, -0.2) is 15.0 Å². The highest BCUT2D eigenvalue weighted by atomic mass is 15.1. The normalized spacial score (nSPS) is 11.6. The second-order valence-corrected chi connectivity index (χ2v) is 12.5. The molecule has 0 aliphatic heterocycles. The molecular weight excluding hydrogens is 611 g/mol. The van der Waals surface area contributed by atoms with Crippen LogP contribution in [0.4, 0.5) is 0 Å². The number of para-hydroxylation sites is 3. The first-order chi connectivity index (χ1) is 24.8. The van der Waals surface area contributed by atoms with E-state index >= 15 is 0 Å². The van der Waals surface area contributed by atoms with Crippen LogP contribution in [0.15, 0.2) is 176 Å². The Hall–Kier alpha value is -6.85.